The fraction of sp³-hybridized carbons (Fsp3) is 0.636. The number of hydrogen-bond donors (Lipinski definition) is 0. The predicted octanol–water partition coefficient (Wildman–Crippen LogP) is 1.54. The summed E-state index contributed by atoms with van der Waals surface area (Å²) in [5, 5.41) is 0.0405. The summed E-state index contributed by atoms with van der Waals surface area (Å²) in [6.45, 7) is 7.60. The van der Waals surface area contributed by atoms with E-state index in [1.807, 2.05) is 13.8 Å². The first-order valence-electron chi connectivity index (χ1n) is 5.31. The number of rotatable bonds is 3. The maximum Gasteiger partial charge on any atom is 0.330 e. The summed E-state index contributed by atoms with van der Waals surface area (Å²) in [5.41, 5.74) is 0. The van der Waals surface area contributed by atoms with Gasteiger partial charge in [0.25, 0.3) is 0 Å². The molecule has 3 atom stereocenters. The Balaban J connectivity index is 2.17. The summed E-state index contributed by atoms with van der Waals surface area (Å²) < 4.78 is 4.75. The van der Waals surface area contributed by atoms with Crippen molar-refractivity contribution in [2.45, 2.75) is 34.8 Å². The Labute approximate surface area is 113 Å². The van der Waals surface area contributed by atoms with Crippen LogP contribution in [0.3, 0.4) is 0 Å². The van der Waals surface area contributed by atoms with E-state index in [4.69, 9.17) is 4.74 Å². The van der Waals surface area contributed by atoms with E-state index < -0.39 is 6.04 Å². The summed E-state index contributed by atoms with van der Waals surface area (Å²) in [5.74, 6) is -0.383. The lowest BCUT2D eigenvalue weighted by atomic mass is 9.98. The van der Waals surface area contributed by atoms with Gasteiger partial charge in [-0.3, -0.25) is 4.79 Å². The number of hydrogen-bond acceptors (Lipinski definition) is 4. The molecule has 2 aliphatic rings. The van der Waals surface area contributed by atoms with E-state index in [-0.39, 0.29) is 33.4 Å². The van der Waals surface area contributed by atoms with Crippen LogP contribution in [0, 0.1) is 0 Å². The van der Waals surface area contributed by atoms with Crippen LogP contribution in [0.25, 0.3) is 0 Å². The van der Waals surface area contributed by atoms with Gasteiger partial charge in [-0.15, -0.1) is 11.8 Å². The lowest BCUT2D eigenvalue weighted by Gasteiger charge is -2.41. The first-order valence-corrected chi connectivity index (χ1v) is 7.11. The van der Waals surface area contributed by atoms with Gasteiger partial charge in [0.05, 0.1) is 0 Å². The zero-order valence-electron chi connectivity index (χ0n) is 9.68. The number of nitrogens with zero attached hydrogens (tertiary/aromatic N) is 1. The van der Waals surface area contributed by atoms with Crippen LogP contribution in [0.5, 0.6) is 0 Å². The van der Waals surface area contributed by atoms with Crippen molar-refractivity contribution < 1.29 is 14.3 Å². The monoisotopic (exact) mass is 319 g/mol. The van der Waals surface area contributed by atoms with E-state index in [0.717, 1.165) is 0 Å². The fourth-order valence-corrected chi connectivity index (χ4v) is 4.52. The normalized spacial score (nSPS) is 33.9. The highest BCUT2D eigenvalue weighted by atomic mass is 79.9. The van der Waals surface area contributed by atoms with Crippen molar-refractivity contribution in [2.75, 3.05) is 6.61 Å². The third-order valence-electron chi connectivity index (χ3n) is 2.94. The highest BCUT2D eigenvalue weighted by molar-refractivity contribution is 9.10. The third kappa shape index (κ3) is 1.91. The summed E-state index contributed by atoms with van der Waals surface area (Å²) >= 11 is 4.96. The molecule has 0 aromatic rings. The molecule has 0 saturated carbocycles. The highest BCUT2D eigenvalue weighted by Crippen LogP contribution is 2.52. The van der Waals surface area contributed by atoms with Crippen molar-refractivity contribution in [3.05, 3.63) is 12.7 Å². The second kappa shape index (κ2) is 4.31. The zero-order chi connectivity index (χ0) is 12.8. The molecule has 2 fully saturated rings. The molecule has 1 amide bonds. The van der Waals surface area contributed by atoms with Crippen LogP contribution < -0.4 is 0 Å². The molecule has 2 saturated heterocycles. The molecule has 0 radical (unpaired) electrons. The number of ether oxygens (including phenoxy) is 1. The molecular formula is C11H14BrNO3S. The number of alkyl halides is 1. The van der Waals surface area contributed by atoms with Gasteiger partial charge in [-0.1, -0.05) is 28.6 Å². The Morgan fingerprint density at radius 3 is 2.94 bits per heavy atom. The largest absolute Gasteiger partial charge is 0.460 e. The van der Waals surface area contributed by atoms with Crippen molar-refractivity contribution in [3.8, 4) is 0 Å². The van der Waals surface area contributed by atoms with Crippen molar-refractivity contribution in [1.82, 2.24) is 4.90 Å². The van der Waals surface area contributed by atoms with Crippen LogP contribution in [0.2, 0.25) is 0 Å². The van der Waals surface area contributed by atoms with Crippen molar-refractivity contribution in [1.29, 1.82) is 0 Å². The Hall–Kier alpha value is -0.490. The van der Waals surface area contributed by atoms with Crippen LogP contribution in [-0.2, 0) is 14.3 Å². The van der Waals surface area contributed by atoms with Crippen LogP contribution in [0.4, 0.5) is 0 Å². The number of thioether (sulfide) groups is 1. The number of carbonyl (C=O) groups excluding carboxylic acids is 2. The summed E-state index contributed by atoms with van der Waals surface area (Å²) in [4.78, 5) is 25.2. The number of β-lactam (4-membered cyclic amide) rings is 1. The van der Waals surface area contributed by atoms with Crippen LogP contribution in [0.1, 0.15) is 13.8 Å². The predicted molar refractivity (Wildman–Crippen MR) is 70.0 cm³/mol. The minimum absolute atomic E-state index is 0.0337. The minimum Gasteiger partial charge on any atom is -0.460 e. The molecule has 6 heteroatoms. The number of esters is 1. The van der Waals surface area contributed by atoms with Crippen LogP contribution >= 0.6 is 27.7 Å². The molecule has 0 bridgehead atoms. The molecule has 0 N–H and O–H groups in total. The lowest BCUT2D eigenvalue weighted by molar-refractivity contribution is -0.159. The molecule has 0 spiro atoms. The number of halogens is 1. The van der Waals surface area contributed by atoms with Crippen molar-refractivity contribution in [3.63, 3.8) is 0 Å². The summed E-state index contributed by atoms with van der Waals surface area (Å²) in [7, 11) is 0. The molecular weight excluding hydrogens is 306 g/mol. The lowest BCUT2D eigenvalue weighted by Crippen LogP contribution is -2.63. The average molecular weight is 320 g/mol. The third-order valence-corrected chi connectivity index (χ3v) is 5.76. The highest BCUT2D eigenvalue weighted by Gasteiger charge is 2.63. The molecule has 0 unspecified atom stereocenters. The maximum absolute atomic E-state index is 12.0. The molecule has 0 aromatic carbocycles. The van der Waals surface area contributed by atoms with Crippen LogP contribution in [0.15, 0.2) is 12.7 Å². The Bertz CT molecular complexity index is 385. The fourth-order valence-electron chi connectivity index (χ4n) is 2.17. The van der Waals surface area contributed by atoms with Crippen molar-refractivity contribution >= 4 is 39.6 Å². The van der Waals surface area contributed by atoms with E-state index in [1.54, 1.807) is 16.7 Å². The van der Waals surface area contributed by atoms with Crippen molar-refractivity contribution in [2.24, 2.45) is 0 Å². The Morgan fingerprint density at radius 2 is 2.35 bits per heavy atom. The van der Waals surface area contributed by atoms with Crippen LogP contribution in [-0.4, -0.2) is 44.4 Å². The first-order chi connectivity index (χ1) is 7.90. The zero-order valence-corrected chi connectivity index (χ0v) is 12.1. The topological polar surface area (TPSA) is 46.6 Å². The maximum atomic E-state index is 12.0. The summed E-state index contributed by atoms with van der Waals surface area (Å²) in [6.07, 6.45) is 1.52. The van der Waals surface area contributed by atoms with Gasteiger partial charge in [-0.2, -0.15) is 0 Å². The minimum atomic E-state index is -0.501. The van der Waals surface area contributed by atoms with Gasteiger partial charge in [0.2, 0.25) is 5.91 Å². The molecule has 17 heavy (non-hydrogen) atoms. The van der Waals surface area contributed by atoms with Gasteiger partial charge in [0.15, 0.2) is 0 Å². The van der Waals surface area contributed by atoms with E-state index in [0.29, 0.717) is 0 Å². The van der Waals surface area contributed by atoms with Gasteiger partial charge in [-0.25, -0.2) is 4.79 Å². The number of fused-ring (bicyclic) bond motifs is 1. The number of carbonyl (C=O) groups is 2. The molecule has 2 heterocycles. The Morgan fingerprint density at radius 1 is 1.71 bits per heavy atom. The first kappa shape index (κ1) is 13.0. The van der Waals surface area contributed by atoms with E-state index >= 15 is 0 Å². The van der Waals surface area contributed by atoms with Gasteiger partial charge < -0.3 is 9.64 Å². The van der Waals surface area contributed by atoms with Gasteiger partial charge in [0.1, 0.15) is 22.8 Å². The number of amides is 1. The van der Waals surface area contributed by atoms with Gasteiger partial charge in [-0.05, 0) is 13.8 Å². The second-order valence-corrected chi connectivity index (χ2v) is 7.34. The van der Waals surface area contributed by atoms with Gasteiger partial charge in [0, 0.05) is 4.75 Å². The average Bonchev–Trinajstić information content (AvgIpc) is 2.54. The summed E-state index contributed by atoms with van der Waals surface area (Å²) in [6, 6.07) is -0.501. The Kier molecular flexibility index (Phi) is 3.29. The molecule has 2 rings (SSSR count). The van der Waals surface area contributed by atoms with E-state index in [1.165, 1.54) is 6.08 Å². The van der Waals surface area contributed by atoms with Gasteiger partial charge >= 0.3 is 5.97 Å². The van der Waals surface area contributed by atoms with E-state index in [2.05, 4.69) is 22.5 Å². The molecule has 2 aliphatic heterocycles. The SMILES string of the molecule is C=CCOC(=O)[C@@H]1N2C(=O)[C@H](Br)[C@H]2SC1(C)C. The molecule has 4 nitrogen and oxygen atoms in total. The van der Waals surface area contributed by atoms with E-state index in [9.17, 15) is 9.59 Å². The quantitative estimate of drug-likeness (QED) is 0.343. The standard InChI is InChI=1S/C11H14BrNO3S/c1-4-5-16-10(15)7-11(2,3)17-9-6(12)8(14)13(7)9/h4,6-7,9H,1,5H2,2-3H3/t6-,7-,9+/m0/s1. The molecule has 94 valence electrons. The molecule has 0 aromatic heterocycles. The smallest absolute Gasteiger partial charge is 0.330 e. The molecule has 0 aliphatic carbocycles. The second-order valence-electron chi connectivity index (χ2n) is 4.58.